The molecular formula is C19H20BrFN2O. The van der Waals surface area contributed by atoms with E-state index in [-0.39, 0.29) is 17.8 Å². The van der Waals surface area contributed by atoms with Gasteiger partial charge in [-0.2, -0.15) is 0 Å². The van der Waals surface area contributed by atoms with Gasteiger partial charge in [-0.3, -0.25) is 9.69 Å². The van der Waals surface area contributed by atoms with E-state index in [0.717, 1.165) is 36.0 Å². The maximum absolute atomic E-state index is 13.2. The molecule has 126 valence electrons. The van der Waals surface area contributed by atoms with Crippen LogP contribution in [0.1, 0.15) is 34.8 Å². The highest BCUT2D eigenvalue weighted by atomic mass is 79.9. The summed E-state index contributed by atoms with van der Waals surface area (Å²) in [5, 5.41) is 3.02. The molecule has 3 rings (SSSR count). The van der Waals surface area contributed by atoms with Crippen molar-refractivity contribution < 1.29 is 9.18 Å². The normalized spacial score (nSPS) is 16.1. The van der Waals surface area contributed by atoms with Gasteiger partial charge in [0.15, 0.2) is 0 Å². The molecule has 1 aliphatic rings. The average Bonchev–Trinajstić information content (AvgIpc) is 3.11. The molecule has 1 heterocycles. The van der Waals surface area contributed by atoms with Crippen LogP contribution in [0.5, 0.6) is 0 Å². The highest BCUT2D eigenvalue weighted by molar-refractivity contribution is 9.10. The lowest BCUT2D eigenvalue weighted by molar-refractivity contribution is 0.0938. The van der Waals surface area contributed by atoms with Gasteiger partial charge in [0.1, 0.15) is 5.82 Å². The second-order valence-electron chi connectivity index (χ2n) is 6.03. The van der Waals surface area contributed by atoms with E-state index in [9.17, 15) is 9.18 Å². The number of nitrogens with zero attached hydrogens (tertiary/aromatic N) is 1. The molecule has 24 heavy (non-hydrogen) atoms. The van der Waals surface area contributed by atoms with Crippen LogP contribution in [-0.2, 0) is 0 Å². The Hall–Kier alpha value is -1.72. The third-order valence-electron chi connectivity index (χ3n) is 4.38. The number of rotatable bonds is 5. The summed E-state index contributed by atoms with van der Waals surface area (Å²) in [5.41, 5.74) is 1.66. The number of benzene rings is 2. The molecular weight excluding hydrogens is 371 g/mol. The highest BCUT2D eigenvalue weighted by Crippen LogP contribution is 2.25. The van der Waals surface area contributed by atoms with E-state index in [2.05, 4.69) is 26.1 Å². The second kappa shape index (κ2) is 7.90. The van der Waals surface area contributed by atoms with Crippen LogP contribution in [0.3, 0.4) is 0 Å². The Morgan fingerprint density at radius 1 is 1.17 bits per heavy atom. The number of likely N-dealkylation sites (tertiary alicyclic amines) is 1. The molecule has 0 bridgehead atoms. The van der Waals surface area contributed by atoms with Crippen LogP contribution in [0.15, 0.2) is 53.0 Å². The number of carbonyl (C=O) groups is 1. The summed E-state index contributed by atoms with van der Waals surface area (Å²) in [6.45, 7) is 2.53. The van der Waals surface area contributed by atoms with Crippen molar-refractivity contribution in [2.45, 2.75) is 18.9 Å². The molecule has 0 spiro atoms. The topological polar surface area (TPSA) is 32.3 Å². The number of hydrogen-bond donors (Lipinski definition) is 1. The van der Waals surface area contributed by atoms with Gasteiger partial charge in [0.05, 0.1) is 6.04 Å². The smallest absolute Gasteiger partial charge is 0.251 e. The summed E-state index contributed by atoms with van der Waals surface area (Å²) in [6.07, 6.45) is 2.33. The second-order valence-corrected chi connectivity index (χ2v) is 6.95. The molecule has 1 amide bonds. The van der Waals surface area contributed by atoms with Crippen LogP contribution in [-0.4, -0.2) is 30.4 Å². The van der Waals surface area contributed by atoms with E-state index >= 15 is 0 Å². The first kappa shape index (κ1) is 17.1. The first-order valence-corrected chi connectivity index (χ1v) is 8.96. The Morgan fingerprint density at radius 3 is 2.54 bits per heavy atom. The van der Waals surface area contributed by atoms with Crippen molar-refractivity contribution in [1.82, 2.24) is 10.2 Å². The minimum Gasteiger partial charge on any atom is -0.350 e. The molecule has 2 aromatic rings. The molecule has 0 aliphatic carbocycles. The number of carbonyl (C=O) groups excluding carboxylic acids is 1. The largest absolute Gasteiger partial charge is 0.350 e. The lowest BCUT2D eigenvalue weighted by atomic mass is 10.1. The van der Waals surface area contributed by atoms with Crippen molar-refractivity contribution in [2.24, 2.45) is 0 Å². The van der Waals surface area contributed by atoms with Gasteiger partial charge in [-0.05, 0) is 61.8 Å². The predicted octanol–water partition coefficient (Wildman–Crippen LogP) is 4.16. The fourth-order valence-electron chi connectivity index (χ4n) is 3.12. The van der Waals surface area contributed by atoms with Crippen molar-refractivity contribution in [2.75, 3.05) is 19.6 Å². The molecule has 1 saturated heterocycles. The van der Waals surface area contributed by atoms with E-state index in [0.29, 0.717) is 12.1 Å². The van der Waals surface area contributed by atoms with Gasteiger partial charge in [0.2, 0.25) is 0 Å². The fourth-order valence-corrected chi connectivity index (χ4v) is 3.52. The van der Waals surface area contributed by atoms with Crippen LogP contribution >= 0.6 is 15.9 Å². The van der Waals surface area contributed by atoms with E-state index in [1.54, 1.807) is 12.1 Å². The standard InChI is InChI=1S/C19H20BrFN2O/c20-16-5-3-4-15(12-16)19(24)22-13-18(23-10-1-2-11-23)14-6-8-17(21)9-7-14/h3-9,12,18H,1-2,10-11,13H2,(H,22,24). The molecule has 5 heteroatoms. The Bertz CT molecular complexity index is 699. The van der Waals surface area contributed by atoms with E-state index in [1.807, 2.05) is 24.3 Å². The van der Waals surface area contributed by atoms with Gasteiger partial charge in [0.25, 0.3) is 5.91 Å². The molecule has 1 fully saturated rings. The summed E-state index contributed by atoms with van der Waals surface area (Å²) in [5.74, 6) is -0.334. The molecule has 1 aliphatic heterocycles. The molecule has 0 aromatic heterocycles. The first-order chi connectivity index (χ1) is 11.6. The van der Waals surface area contributed by atoms with Crippen molar-refractivity contribution in [3.05, 3.63) is 69.9 Å². The van der Waals surface area contributed by atoms with Gasteiger partial charge in [-0.15, -0.1) is 0 Å². The predicted molar refractivity (Wildman–Crippen MR) is 96.4 cm³/mol. The zero-order valence-electron chi connectivity index (χ0n) is 13.3. The summed E-state index contributed by atoms with van der Waals surface area (Å²) in [4.78, 5) is 14.7. The van der Waals surface area contributed by atoms with Gasteiger partial charge in [-0.1, -0.05) is 34.1 Å². The van der Waals surface area contributed by atoms with Crippen molar-refractivity contribution in [1.29, 1.82) is 0 Å². The molecule has 3 nitrogen and oxygen atoms in total. The summed E-state index contributed by atoms with van der Waals surface area (Å²) < 4.78 is 14.1. The lowest BCUT2D eigenvalue weighted by Crippen LogP contribution is -2.36. The van der Waals surface area contributed by atoms with E-state index < -0.39 is 0 Å². The monoisotopic (exact) mass is 390 g/mol. The fraction of sp³-hybridized carbons (Fsp3) is 0.316. The molecule has 0 radical (unpaired) electrons. The number of hydrogen-bond acceptors (Lipinski definition) is 2. The molecule has 0 saturated carbocycles. The minimum absolute atomic E-state index is 0.0733. The van der Waals surface area contributed by atoms with E-state index in [4.69, 9.17) is 0 Å². The highest BCUT2D eigenvalue weighted by Gasteiger charge is 2.24. The van der Waals surface area contributed by atoms with Crippen molar-refractivity contribution in [3.63, 3.8) is 0 Å². The quantitative estimate of drug-likeness (QED) is 0.831. The summed E-state index contributed by atoms with van der Waals surface area (Å²) in [7, 11) is 0. The third-order valence-corrected chi connectivity index (χ3v) is 4.87. The van der Waals surface area contributed by atoms with Crippen LogP contribution < -0.4 is 5.32 Å². The minimum atomic E-state index is -0.239. The van der Waals surface area contributed by atoms with Crippen LogP contribution in [0.2, 0.25) is 0 Å². The van der Waals surface area contributed by atoms with Gasteiger partial charge < -0.3 is 5.32 Å². The Kier molecular flexibility index (Phi) is 5.63. The zero-order valence-corrected chi connectivity index (χ0v) is 14.9. The Labute approximate surface area is 150 Å². The zero-order chi connectivity index (χ0) is 16.9. The van der Waals surface area contributed by atoms with Crippen LogP contribution in [0, 0.1) is 5.82 Å². The third kappa shape index (κ3) is 4.22. The average molecular weight is 391 g/mol. The number of nitrogens with one attached hydrogen (secondary N) is 1. The van der Waals surface area contributed by atoms with E-state index in [1.165, 1.54) is 12.1 Å². The molecule has 1 unspecified atom stereocenters. The number of halogens is 2. The summed E-state index contributed by atoms with van der Waals surface area (Å²) >= 11 is 3.38. The number of amides is 1. The molecule has 1 N–H and O–H groups in total. The van der Waals surface area contributed by atoms with Gasteiger partial charge in [0, 0.05) is 16.6 Å². The lowest BCUT2D eigenvalue weighted by Gasteiger charge is -2.28. The van der Waals surface area contributed by atoms with Crippen LogP contribution in [0.25, 0.3) is 0 Å². The Balaban J connectivity index is 1.72. The maximum Gasteiger partial charge on any atom is 0.251 e. The van der Waals surface area contributed by atoms with Gasteiger partial charge in [-0.25, -0.2) is 4.39 Å². The molecule has 2 aromatic carbocycles. The van der Waals surface area contributed by atoms with Crippen molar-refractivity contribution in [3.8, 4) is 0 Å². The molecule has 1 atom stereocenters. The van der Waals surface area contributed by atoms with Crippen molar-refractivity contribution >= 4 is 21.8 Å². The summed E-state index contributed by atoms with van der Waals surface area (Å²) in [6, 6.07) is 14.0. The SMILES string of the molecule is O=C(NCC(c1ccc(F)cc1)N1CCCC1)c1cccc(Br)c1. The first-order valence-electron chi connectivity index (χ1n) is 8.17. The van der Waals surface area contributed by atoms with Gasteiger partial charge >= 0.3 is 0 Å². The van der Waals surface area contributed by atoms with Crippen LogP contribution in [0.4, 0.5) is 4.39 Å². The Morgan fingerprint density at radius 2 is 1.88 bits per heavy atom. The maximum atomic E-state index is 13.2.